The van der Waals surface area contributed by atoms with Crippen LogP contribution >= 0.6 is 0 Å². The van der Waals surface area contributed by atoms with Gasteiger partial charge in [0.05, 0.1) is 18.1 Å². The van der Waals surface area contributed by atoms with Crippen LogP contribution in [-0.4, -0.2) is 42.3 Å². The quantitative estimate of drug-likeness (QED) is 0.831. The Kier molecular flexibility index (Phi) is 3.57. The Bertz CT molecular complexity index is 964. The molecule has 0 radical (unpaired) electrons. The fourth-order valence-electron chi connectivity index (χ4n) is 3.65. The van der Waals surface area contributed by atoms with Gasteiger partial charge in [-0.15, -0.1) is 0 Å². The van der Waals surface area contributed by atoms with E-state index in [0.717, 1.165) is 16.3 Å². The lowest BCUT2D eigenvalue weighted by molar-refractivity contribution is -0.132. The number of carbonyl (C=O) groups excluding carboxylic acids is 2. The van der Waals surface area contributed by atoms with Gasteiger partial charge in [0.25, 0.3) is 5.91 Å². The zero-order chi connectivity index (χ0) is 17.7. The number of carbonyl (C=O) groups is 2. The van der Waals surface area contributed by atoms with E-state index in [9.17, 15) is 18.0 Å². The number of nitrogens with one attached hydrogen (secondary N) is 1. The Labute approximate surface area is 145 Å². The number of amides is 3. The van der Waals surface area contributed by atoms with Gasteiger partial charge >= 0.3 is 6.03 Å². The summed E-state index contributed by atoms with van der Waals surface area (Å²) in [7, 11) is -3.11. The maximum absolute atomic E-state index is 12.9. The highest BCUT2D eigenvalue weighted by molar-refractivity contribution is 7.91. The van der Waals surface area contributed by atoms with Gasteiger partial charge < -0.3 is 5.32 Å². The molecule has 2 aromatic carbocycles. The lowest BCUT2D eigenvalue weighted by Crippen LogP contribution is -2.52. The summed E-state index contributed by atoms with van der Waals surface area (Å²) in [6.45, 7) is 0.181. The third-order valence-electron chi connectivity index (χ3n) is 5.13. The summed E-state index contributed by atoms with van der Waals surface area (Å²) in [6, 6.07) is 13.2. The molecular weight excluding hydrogens is 340 g/mol. The number of hydrogen-bond acceptors (Lipinski definition) is 4. The molecule has 1 N–H and O–H groups in total. The Hall–Kier alpha value is -2.41. The third kappa shape index (κ3) is 2.68. The first kappa shape index (κ1) is 16.1. The van der Waals surface area contributed by atoms with Gasteiger partial charge in [-0.3, -0.25) is 9.69 Å². The first-order valence-corrected chi connectivity index (χ1v) is 10.0. The molecule has 2 aromatic rings. The van der Waals surface area contributed by atoms with Crippen LogP contribution in [-0.2, 0) is 21.2 Å². The van der Waals surface area contributed by atoms with E-state index in [1.807, 2.05) is 42.5 Å². The van der Waals surface area contributed by atoms with Gasteiger partial charge in [0, 0.05) is 0 Å². The minimum Gasteiger partial charge on any atom is -0.323 e. The van der Waals surface area contributed by atoms with Gasteiger partial charge in [0.1, 0.15) is 5.54 Å². The molecule has 1 spiro atoms. The van der Waals surface area contributed by atoms with Gasteiger partial charge in [-0.25, -0.2) is 13.2 Å². The van der Waals surface area contributed by atoms with Gasteiger partial charge in [-0.1, -0.05) is 42.5 Å². The molecule has 6 nitrogen and oxygen atoms in total. The molecule has 7 heteroatoms. The number of sulfone groups is 1. The van der Waals surface area contributed by atoms with Crippen molar-refractivity contribution in [3.8, 4) is 0 Å². The summed E-state index contributed by atoms with van der Waals surface area (Å²) in [4.78, 5) is 26.5. The monoisotopic (exact) mass is 358 g/mol. The summed E-state index contributed by atoms with van der Waals surface area (Å²) in [5.74, 6) is -0.456. The second-order valence-electron chi connectivity index (χ2n) is 6.69. The summed E-state index contributed by atoms with van der Waals surface area (Å²) in [6.07, 6.45) is 0.290. The number of imide groups is 1. The zero-order valence-electron chi connectivity index (χ0n) is 13.6. The Morgan fingerprint density at radius 3 is 2.44 bits per heavy atom. The largest absolute Gasteiger partial charge is 0.325 e. The normalized spacial score (nSPS) is 21.7. The molecule has 0 bridgehead atoms. The van der Waals surface area contributed by atoms with Crippen molar-refractivity contribution >= 4 is 32.5 Å². The molecule has 2 heterocycles. The molecular formula is C18H18N2O4S. The van der Waals surface area contributed by atoms with E-state index < -0.39 is 21.4 Å². The van der Waals surface area contributed by atoms with Crippen LogP contribution in [0.4, 0.5) is 4.79 Å². The summed E-state index contributed by atoms with van der Waals surface area (Å²) in [5, 5.41) is 4.79. The molecule has 0 saturated carbocycles. The number of rotatable bonds is 2. The fourth-order valence-corrected chi connectivity index (χ4v) is 5.17. The van der Waals surface area contributed by atoms with Crippen LogP contribution in [0, 0.1) is 0 Å². The Morgan fingerprint density at radius 2 is 1.68 bits per heavy atom. The number of nitrogens with zero attached hydrogens (tertiary/aromatic N) is 1. The van der Waals surface area contributed by atoms with Crippen LogP contribution in [0.25, 0.3) is 10.8 Å². The van der Waals surface area contributed by atoms with Gasteiger partial charge in [-0.2, -0.15) is 0 Å². The third-order valence-corrected chi connectivity index (χ3v) is 6.79. The molecule has 0 aromatic heterocycles. The second-order valence-corrected chi connectivity index (χ2v) is 9.00. The van der Waals surface area contributed by atoms with E-state index in [4.69, 9.17) is 0 Å². The van der Waals surface area contributed by atoms with Crippen LogP contribution in [0.5, 0.6) is 0 Å². The van der Waals surface area contributed by atoms with Crippen LogP contribution in [0.15, 0.2) is 42.5 Å². The predicted octanol–water partition coefficient (Wildman–Crippen LogP) is 1.84. The standard InChI is InChI=1S/C18H18N2O4S/c21-16-18(8-10-25(23,24)11-9-18)19-17(22)20(16)12-14-6-3-5-13-4-1-2-7-15(13)14/h1-7H,8-12H2,(H,19,22). The topological polar surface area (TPSA) is 83.5 Å². The first-order valence-electron chi connectivity index (χ1n) is 8.21. The Morgan fingerprint density at radius 1 is 1.00 bits per heavy atom. The van der Waals surface area contributed by atoms with Crippen molar-refractivity contribution in [2.24, 2.45) is 0 Å². The molecule has 3 amide bonds. The average molecular weight is 358 g/mol. The van der Waals surface area contributed by atoms with E-state index >= 15 is 0 Å². The van der Waals surface area contributed by atoms with E-state index in [1.54, 1.807) is 0 Å². The lowest BCUT2D eigenvalue weighted by atomic mass is 9.92. The second kappa shape index (κ2) is 5.56. The molecule has 2 saturated heterocycles. The van der Waals surface area contributed by atoms with Gasteiger partial charge in [0.15, 0.2) is 9.84 Å². The highest BCUT2D eigenvalue weighted by atomic mass is 32.2. The van der Waals surface area contributed by atoms with E-state index in [-0.39, 0.29) is 36.8 Å². The lowest BCUT2D eigenvalue weighted by Gasteiger charge is -2.30. The van der Waals surface area contributed by atoms with Crippen LogP contribution < -0.4 is 5.32 Å². The van der Waals surface area contributed by atoms with Crippen molar-refractivity contribution in [2.45, 2.75) is 24.9 Å². The minimum absolute atomic E-state index is 0.0683. The summed E-state index contributed by atoms with van der Waals surface area (Å²) in [5.41, 5.74) is -0.172. The van der Waals surface area contributed by atoms with Crippen molar-refractivity contribution in [1.82, 2.24) is 10.2 Å². The van der Waals surface area contributed by atoms with Crippen LogP contribution in [0.2, 0.25) is 0 Å². The van der Waals surface area contributed by atoms with E-state index in [1.165, 1.54) is 4.90 Å². The van der Waals surface area contributed by atoms with E-state index in [2.05, 4.69) is 5.32 Å². The number of fused-ring (bicyclic) bond motifs is 1. The molecule has 4 rings (SSSR count). The average Bonchev–Trinajstić information content (AvgIpc) is 2.83. The highest BCUT2D eigenvalue weighted by Crippen LogP contribution is 2.32. The first-order chi connectivity index (χ1) is 11.9. The highest BCUT2D eigenvalue weighted by Gasteiger charge is 2.53. The molecule has 2 aliphatic rings. The number of urea groups is 1. The zero-order valence-corrected chi connectivity index (χ0v) is 14.4. The smallest absolute Gasteiger partial charge is 0.323 e. The summed E-state index contributed by atoms with van der Waals surface area (Å²) >= 11 is 0. The molecule has 130 valence electrons. The van der Waals surface area contributed by atoms with Crippen molar-refractivity contribution in [1.29, 1.82) is 0 Å². The SMILES string of the molecule is O=C1NC2(CCS(=O)(=O)CC2)C(=O)N1Cc1cccc2ccccc12. The maximum atomic E-state index is 12.9. The van der Waals surface area contributed by atoms with E-state index in [0.29, 0.717) is 0 Å². The minimum atomic E-state index is -3.11. The van der Waals surface area contributed by atoms with Gasteiger partial charge in [-0.05, 0) is 29.2 Å². The van der Waals surface area contributed by atoms with Crippen molar-refractivity contribution in [3.63, 3.8) is 0 Å². The van der Waals surface area contributed by atoms with Crippen molar-refractivity contribution < 1.29 is 18.0 Å². The Balaban J connectivity index is 1.63. The molecule has 0 atom stereocenters. The van der Waals surface area contributed by atoms with Crippen molar-refractivity contribution in [3.05, 3.63) is 48.0 Å². The molecule has 0 unspecified atom stereocenters. The van der Waals surface area contributed by atoms with Crippen LogP contribution in [0.1, 0.15) is 18.4 Å². The number of hydrogen-bond donors (Lipinski definition) is 1. The molecule has 0 aliphatic carbocycles. The molecule has 2 fully saturated rings. The maximum Gasteiger partial charge on any atom is 0.325 e. The summed E-state index contributed by atoms with van der Waals surface area (Å²) < 4.78 is 23.3. The fraction of sp³-hybridized carbons (Fsp3) is 0.333. The molecule has 2 aliphatic heterocycles. The molecule has 25 heavy (non-hydrogen) atoms. The predicted molar refractivity (Wildman–Crippen MR) is 93.6 cm³/mol. The number of benzene rings is 2. The van der Waals surface area contributed by atoms with Crippen molar-refractivity contribution in [2.75, 3.05) is 11.5 Å². The van der Waals surface area contributed by atoms with Crippen LogP contribution in [0.3, 0.4) is 0 Å². The van der Waals surface area contributed by atoms with Gasteiger partial charge in [0.2, 0.25) is 0 Å².